The maximum absolute atomic E-state index is 13.5. The first-order chi connectivity index (χ1) is 8.63. The molecule has 1 aliphatic rings. The molecule has 0 aliphatic heterocycles. The Labute approximate surface area is 108 Å². The zero-order chi connectivity index (χ0) is 13.1. The zero-order valence-corrected chi connectivity index (χ0v) is 10.9. The third-order valence-corrected chi connectivity index (χ3v) is 3.99. The summed E-state index contributed by atoms with van der Waals surface area (Å²) in [7, 11) is 0. The average molecular weight is 246 g/mol. The molecule has 0 aromatic heterocycles. The van der Waals surface area contributed by atoms with Gasteiger partial charge in [0.15, 0.2) is 0 Å². The van der Waals surface area contributed by atoms with Crippen LogP contribution in [0, 0.1) is 29.0 Å². The van der Waals surface area contributed by atoms with Gasteiger partial charge in [-0.2, -0.15) is 5.26 Å². The lowest BCUT2D eigenvalue weighted by molar-refractivity contribution is 0.268. The molecule has 2 unspecified atom stereocenters. The molecule has 1 fully saturated rings. The highest BCUT2D eigenvalue weighted by atomic mass is 19.1. The minimum atomic E-state index is -0.446. The molecule has 0 amide bonds. The second kappa shape index (κ2) is 5.39. The van der Waals surface area contributed by atoms with Gasteiger partial charge in [-0.3, -0.25) is 0 Å². The molecule has 1 aromatic carbocycles. The Hall–Kier alpha value is -1.56. The fourth-order valence-electron chi connectivity index (χ4n) is 2.90. The summed E-state index contributed by atoms with van der Waals surface area (Å²) in [6.07, 6.45) is 3.65. The minimum absolute atomic E-state index is 0.127. The number of nitrogens with zero attached hydrogens (tertiary/aromatic N) is 1. The molecule has 2 atom stereocenters. The van der Waals surface area contributed by atoms with E-state index in [2.05, 4.69) is 19.2 Å². The molecule has 1 aromatic rings. The monoisotopic (exact) mass is 246 g/mol. The highest BCUT2D eigenvalue weighted by Crippen LogP contribution is 2.32. The lowest BCUT2D eigenvalue weighted by atomic mass is 9.78. The lowest BCUT2D eigenvalue weighted by Gasteiger charge is -2.36. The van der Waals surface area contributed by atoms with E-state index in [1.165, 1.54) is 25.3 Å². The van der Waals surface area contributed by atoms with Crippen LogP contribution in [0.25, 0.3) is 0 Å². The Morgan fingerprint density at radius 3 is 2.56 bits per heavy atom. The Bertz CT molecular complexity index is 454. The van der Waals surface area contributed by atoms with Crippen molar-refractivity contribution in [2.24, 2.45) is 11.8 Å². The van der Waals surface area contributed by atoms with Crippen molar-refractivity contribution in [2.45, 2.75) is 39.2 Å². The van der Waals surface area contributed by atoms with Crippen LogP contribution in [-0.2, 0) is 0 Å². The molecule has 3 heteroatoms. The molecule has 1 N–H and O–H groups in total. The molecule has 0 radical (unpaired) electrons. The van der Waals surface area contributed by atoms with Gasteiger partial charge in [0, 0.05) is 6.04 Å². The van der Waals surface area contributed by atoms with E-state index in [4.69, 9.17) is 5.26 Å². The molecule has 0 bridgehead atoms. The SMILES string of the molecule is CC1CCCC(C)C1Nc1cccc(F)c1C#N. The van der Waals surface area contributed by atoms with Crippen LogP contribution in [0.2, 0.25) is 0 Å². The summed E-state index contributed by atoms with van der Waals surface area (Å²) in [5.41, 5.74) is 0.755. The van der Waals surface area contributed by atoms with Crippen LogP contribution < -0.4 is 5.32 Å². The van der Waals surface area contributed by atoms with Crippen molar-refractivity contribution in [1.82, 2.24) is 0 Å². The Morgan fingerprint density at radius 1 is 1.28 bits per heavy atom. The highest BCUT2D eigenvalue weighted by Gasteiger charge is 2.28. The number of benzene rings is 1. The van der Waals surface area contributed by atoms with Gasteiger partial charge >= 0.3 is 0 Å². The van der Waals surface area contributed by atoms with E-state index < -0.39 is 5.82 Å². The van der Waals surface area contributed by atoms with Gasteiger partial charge < -0.3 is 5.32 Å². The first-order valence-corrected chi connectivity index (χ1v) is 6.58. The van der Waals surface area contributed by atoms with Gasteiger partial charge in [0.05, 0.1) is 5.69 Å². The standard InChI is InChI=1S/C15H19FN2/c1-10-5-3-6-11(2)15(10)18-14-8-4-7-13(16)12(14)9-17/h4,7-8,10-11,15,18H,3,5-6H2,1-2H3. The Balaban J connectivity index is 2.23. The van der Waals surface area contributed by atoms with E-state index in [0.717, 1.165) is 0 Å². The van der Waals surface area contributed by atoms with Crippen molar-refractivity contribution in [3.8, 4) is 6.07 Å². The van der Waals surface area contributed by atoms with Crippen LogP contribution in [0.3, 0.4) is 0 Å². The van der Waals surface area contributed by atoms with E-state index in [-0.39, 0.29) is 5.56 Å². The van der Waals surface area contributed by atoms with Crippen LogP contribution in [0.4, 0.5) is 10.1 Å². The van der Waals surface area contributed by atoms with Crippen molar-refractivity contribution < 1.29 is 4.39 Å². The highest BCUT2D eigenvalue weighted by molar-refractivity contribution is 5.58. The molecule has 1 aliphatic carbocycles. The van der Waals surface area contributed by atoms with Crippen LogP contribution >= 0.6 is 0 Å². The number of rotatable bonds is 2. The lowest BCUT2D eigenvalue weighted by Crippen LogP contribution is -2.37. The maximum Gasteiger partial charge on any atom is 0.143 e. The summed E-state index contributed by atoms with van der Waals surface area (Å²) in [5, 5.41) is 12.4. The predicted molar refractivity (Wildman–Crippen MR) is 70.7 cm³/mol. The second-order valence-corrected chi connectivity index (χ2v) is 5.33. The van der Waals surface area contributed by atoms with Gasteiger partial charge in [0.1, 0.15) is 17.4 Å². The first-order valence-electron chi connectivity index (χ1n) is 6.58. The number of hydrogen-bond donors (Lipinski definition) is 1. The van der Waals surface area contributed by atoms with E-state index in [1.54, 1.807) is 12.1 Å². The first kappa shape index (κ1) is 12.9. The number of halogens is 1. The smallest absolute Gasteiger partial charge is 0.143 e. The summed E-state index contributed by atoms with van der Waals surface area (Å²) in [4.78, 5) is 0. The fourth-order valence-corrected chi connectivity index (χ4v) is 2.90. The van der Waals surface area contributed by atoms with Crippen LogP contribution in [0.1, 0.15) is 38.7 Å². The molecule has 0 spiro atoms. The summed E-state index contributed by atoms with van der Waals surface area (Å²) >= 11 is 0. The molecule has 18 heavy (non-hydrogen) atoms. The van der Waals surface area contributed by atoms with Gasteiger partial charge in [0.2, 0.25) is 0 Å². The molecule has 2 rings (SSSR count). The summed E-state index contributed by atoms with van der Waals surface area (Å²) < 4.78 is 13.5. The zero-order valence-electron chi connectivity index (χ0n) is 10.9. The third-order valence-electron chi connectivity index (χ3n) is 3.99. The van der Waals surface area contributed by atoms with Crippen molar-refractivity contribution in [1.29, 1.82) is 5.26 Å². The van der Waals surface area contributed by atoms with Crippen molar-refractivity contribution in [2.75, 3.05) is 5.32 Å². The van der Waals surface area contributed by atoms with Crippen molar-refractivity contribution >= 4 is 5.69 Å². The van der Waals surface area contributed by atoms with Crippen LogP contribution in [-0.4, -0.2) is 6.04 Å². The number of nitrogens with one attached hydrogen (secondary N) is 1. The largest absolute Gasteiger partial charge is 0.381 e. The van der Waals surface area contributed by atoms with Gasteiger partial charge in [0.25, 0.3) is 0 Å². The molecule has 0 heterocycles. The van der Waals surface area contributed by atoms with E-state index in [9.17, 15) is 4.39 Å². The molecule has 0 saturated heterocycles. The molecular weight excluding hydrogens is 227 g/mol. The Morgan fingerprint density at radius 2 is 1.94 bits per heavy atom. The van der Waals surface area contributed by atoms with E-state index in [1.807, 2.05) is 6.07 Å². The second-order valence-electron chi connectivity index (χ2n) is 5.33. The normalized spacial score (nSPS) is 27.6. The number of anilines is 1. The quantitative estimate of drug-likeness (QED) is 0.858. The number of nitriles is 1. The van der Waals surface area contributed by atoms with E-state index >= 15 is 0 Å². The van der Waals surface area contributed by atoms with Crippen molar-refractivity contribution in [3.63, 3.8) is 0 Å². The summed E-state index contributed by atoms with van der Waals surface area (Å²) in [6.45, 7) is 4.44. The van der Waals surface area contributed by atoms with Crippen LogP contribution in [0.15, 0.2) is 18.2 Å². The van der Waals surface area contributed by atoms with Crippen LogP contribution in [0.5, 0.6) is 0 Å². The Kier molecular flexibility index (Phi) is 3.86. The predicted octanol–water partition coefficient (Wildman–Crippen LogP) is 3.93. The van der Waals surface area contributed by atoms with Crippen molar-refractivity contribution in [3.05, 3.63) is 29.6 Å². The fraction of sp³-hybridized carbons (Fsp3) is 0.533. The summed E-state index contributed by atoms with van der Waals surface area (Å²) in [6, 6.07) is 7.04. The summed E-state index contributed by atoms with van der Waals surface area (Å²) in [5.74, 6) is 0.672. The minimum Gasteiger partial charge on any atom is -0.381 e. The average Bonchev–Trinajstić information content (AvgIpc) is 2.34. The van der Waals surface area contributed by atoms with E-state index in [0.29, 0.717) is 23.6 Å². The maximum atomic E-state index is 13.5. The third kappa shape index (κ3) is 2.48. The van der Waals surface area contributed by atoms with Gasteiger partial charge in [-0.1, -0.05) is 26.3 Å². The van der Waals surface area contributed by atoms with Gasteiger partial charge in [-0.05, 0) is 36.8 Å². The molecule has 96 valence electrons. The molecule has 2 nitrogen and oxygen atoms in total. The topological polar surface area (TPSA) is 35.8 Å². The number of hydrogen-bond acceptors (Lipinski definition) is 2. The van der Waals surface area contributed by atoms with Gasteiger partial charge in [-0.25, -0.2) is 4.39 Å². The molecular formula is C15H19FN2. The van der Waals surface area contributed by atoms with Gasteiger partial charge in [-0.15, -0.1) is 0 Å². The molecule has 1 saturated carbocycles.